The Morgan fingerprint density at radius 3 is 2.88 bits per heavy atom. The Kier molecular flexibility index (Phi) is 4.65. The molecule has 0 spiro atoms. The Hall–Kier alpha value is -3.02. The van der Waals surface area contributed by atoms with Crippen LogP contribution in [0, 0.1) is 5.82 Å². The molecule has 0 saturated carbocycles. The number of aromatic nitrogens is 2. The molecule has 0 amide bonds. The van der Waals surface area contributed by atoms with E-state index < -0.39 is 0 Å². The first-order valence-electron chi connectivity index (χ1n) is 7.49. The van der Waals surface area contributed by atoms with E-state index >= 15 is 0 Å². The molecule has 0 fully saturated rings. The van der Waals surface area contributed by atoms with E-state index in [2.05, 4.69) is 15.3 Å². The quantitative estimate of drug-likeness (QED) is 0.730. The van der Waals surface area contributed by atoms with Gasteiger partial charge >= 0.3 is 5.97 Å². The van der Waals surface area contributed by atoms with E-state index in [1.54, 1.807) is 18.2 Å². The largest absolute Gasteiger partial charge is 0.465 e. The summed E-state index contributed by atoms with van der Waals surface area (Å²) < 4.78 is 18.2. The number of fused-ring (bicyclic) bond motifs is 1. The summed E-state index contributed by atoms with van der Waals surface area (Å²) in [4.78, 5) is 20.1. The maximum atomic E-state index is 13.4. The van der Waals surface area contributed by atoms with Crippen molar-refractivity contribution >= 4 is 22.7 Å². The summed E-state index contributed by atoms with van der Waals surface area (Å²) in [5.74, 6) is -0.133. The minimum Gasteiger partial charge on any atom is -0.465 e. The predicted octanol–water partition coefficient (Wildman–Crippen LogP) is 3.21. The van der Waals surface area contributed by atoms with Gasteiger partial charge in [0.25, 0.3) is 0 Å². The summed E-state index contributed by atoms with van der Waals surface area (Å²) in [5.41, 5.74) is 2.09. The molecule has 1 aromatic heterocycles. The molecule has 6 heteroatoms. The second-order valence-electron chi connectivity index (χ2n) is 5.21. The molecule has 1 heterocycles. The number of rotatable bonds is 5. The van der Waals surface area contributed by atoms with Gasteiger partial charge < -0.3 is 10.1 Å². The highest BCUT2D eigenvalue weighted by Gasteiger charge is 2.11. The summed E-state index contributed by atoms with van der Waals surface area (Å²) in [5, 5.41) is 3.80. The van der Waals surface area contributed by atoms with Gasteiger partial charge in [-0.2, -0.15) is 0 Å². The number of ether oxygens (including phenoxy) is 1. The molecule has 0 atom stereocenters. The normalized spacial score (nSPS) is 10.6. The van der Waals surface area contributed by atoms with Crippen molar-refractivity contribution in [2.24, 2.45) is 0 Å². The van der Waals surface area contributed by atoms with Gasteiger partial charge in [0.15, 0.2) is 0 Å². The molecule has 0 aliphatic carbocycles. The van der Waals surface area contributed by atoms with E-state index in [1.165, 1.54) is 25.6 Å². The van der Waals surface area contributed by atoms with E-state index in [0.717, 1.165) is 5.56 Å². The molecule has 0 radical (unpaired) electrons. The van der Waals surface area contributed by atoms with E-state index in [4.69, 9.17) is 4.74 Å². The fourth-order valence-corrected chi connectivity index (χ4v) is 2.53. The number of carbonyl (C=O) groups is 1. The third-order valence-electron chi connectivity index (χ3n) is 3.71. The van der Waals surface area contributed by atoms with Crippen LogP contribution in [0.15, 0.2) is 48.8 Å². The molecule has 0 bridgehead atoms. The summed E-state index contributed by atoms with van der Waals surface area (Å²) in [7, 11) is 1.36. The fourth-order valence-electron chi connectivity index (χ4n) is 2.53. The maximum Gasteiger partial charge on any atom is 0.338 e. The van der Waals surface area contributed by atoms with Gasteiger partial charge in [0.05, 0.1) is 18.2 Å². The summed E-state index contributed by atoms with van der Waals surface area (Å²) >= 11 is 0. The number of hydrogen-bond acceptors (Lipinski definition) is 5. The molecule has 5 nitrogen and oxygen atoms in total. The molecular weight excluding hydrogens is 309 g/mol. The molecule has 1 N–H and O–H groups in total. The van der Waals surface area contributed by atoms with Crippen LogP contribution in [-0.2, 0) is 11.2 Å². The van der Waals surface area contributed by atoms with Gasteiger partial charge in [0.1, 0.15) is 18.0 Å². The van der Waals surface area contributed by atoms with E-state index in [0.29, 0.717) is 35.2 Å². The van der Waals surface area contributed by atoms with Gasteiger partial charge in [-0.05, 0) is 36.2 Å². The predicted molar refractivity (Wildman–Crippen MR) is 89.5 cm³/mol. The number of anilines is 1. The lowest BCUT2D eigenvalue weighted by Gasteiger charge is -2.10. The van der Waals surface area contributed by atoms with E-state index in [1.807, 2.05) is 12.1 Å². The van der Waals surface area contributed by atoms with Gasteiger partial charge in [-0.3, -0.25) is 0 Å². The Bertz CT molecular complexity index is 883. The average Bonchev–Trinajstić information content (AvgIpc) is 2.62. The van der Waals surface area contributed by atoms with E-state index in [-0.39, 0.29) is 11.8 Å². The van der Waals surface area contributed by atoms with Crippen LogP contribution in [-0.4, -0.2) is 29.6 Å². The van der Waals surface area contributed by atoms with Crippen LogP contribution in [0.1, 0.15) is 15.9 Å². The number of carbonyl (C=O) groups excluding carboxylic acids is 1. The third-order valence-corrected chi connectivity index (χ3v) is 3.71. The Balaban J connectivity index is 1.76. The third kappa shape index (κ3) is 3.32. The topological polar surface area (TPSA) is 64.1 Å². The number of hydrogen-bond donors (Lipinski definition) is 1. The number of benzene rings is 2. The van der Waals surface area contributed by atoms with Gasteiger partial charge in [0.2, 0.25) is 0 Å². The number of methoxy groups -OCH3 is 1. The van der Waals surface area contributed by atoms with Crippen molar-refractivity contribution in [3.63, 3.8) is 0 Å². The second kappa shape index (κ2) is 7.04. The van der Waals surface area contributed by atoms with Gasteiger partial charge in [-0.15, -0.1) is 0 Å². The highest BCUT2D eigenvalue weighted by molar-refractivity contribution is 5.91. The standard InChI is InChI=1S/C18H16FN3O2/c1-24-18(23)14-5-3-2-4-12(14)8-9-20-17-15-10-13(19)6-7-16(15)21-11-22-17/h2-7,10-11H,8-9H2,1H3,(H,20,21,22). The number of nitrogens with zero attached hydrogens (tertiary/aromatic N) is 2. The SMILES string of the molecule is COC(=O)c1ccccc1CCNc1ncnc2ccc(F)cc12. The van der Waals surface area contributed by atoms with Crippen LogP contribution >= 0.6 is 0 Å². The molecule has 122 valence electrons. The molecule has 24 heavy (non-hydrogen) atoms. The number of esters is 1. The number of halogens is 1. The van der Waals surface area contributed by atoms with Crippen LogP contribution in [0.2, 0.25) is 0 Å². The van der Waals surface area contributed by atoms with Crippen LogP contribution in [0.4, 0.5) is 10.2 Å². The Morgan fingerprint density at radius 2 is 2.04 bits per heavy atom. The van der Waals surface area contributed by atoms with Crippen molar-refractivity contribution in [3.8, 4) is 0 Å². The van der Waals surface area contributed by atoms with Crippen LogP contribution in [0.5, 0.6) is 0 Å². The smallest absolute Gasteiger partial charge is 0.338 e. The Labute approximate surface area is 138 Å². The monoisotopic (exact) mass is 325 g/mol. The van der Waals surface area contributed by atoms with Crippen molar-refractivity contribution in [1.29, 1.82) is 0 Å². The average molecular weight is 325 g/mol. The summed E-state index contributed by atoms with van der Waals surface area (Å²) in [6.45, 7) is 0.538. The van der Waals surface area contributed by atoms with Crippen molar-refractivity contribution in [1.82, 2.24) is 9.97 Å². The lowest BCUT2D eigenvalue weighted by atomic mass is 10.0. The van der Waals surface area contributed by atoms with Gasteiger partial charge in [-0.25, -0.2) is 19.2 Å². The van der Waals surface area contributed by atoms with Gasteiger partial charge in [-0.1, -0.05) is 18.2 Å². The maximum absolute atomic E-state index is 13.4. The van der Waals surface area contributed by atoms with Crippen molar-refractivity contribution in [2.75, 3.05) is 19.0 Å². The fraction of sp³-hybridized carbons (Fsp3) is 0.167. The molecule has 0 aliphatic rings. The van der Waals surface area contributed by atoms with Crippen LogP contribution < -0.4 is 5.32 Å². The van der Waals surface area contributed by atoms with Crippen LogP contribution in [0.3, 0.4) is 0 Å². The molecule has 0 aliphatic heterocycles. The van der Waals surface area contributed by atoms with Crippen molar-refractivity contribution in [2.45, 2.75) is 6.42 Å². The van der Waals surface area contributed by atoms with Crippen LogP contribution in [0.25, 0.3) is 10.9 Å². The molecule has 2 aromatic carbocycles. The molecule has 3 aromatic rings. The molecular formula is C18H16FN3O2. The minimum absolute atomic E-state index is 0.337. The summed E-state index contributed by atoms with van der Waals surface area (Å²) in [6.07, 6.45) is 2.04. The lowest BCUT2D eigenvalue weighted by Crippen LogP contribution is -2.11. The first kappa shape index (κ1) is 15.9. The van der Waals surface area contributed by atoms with E-state index in [9.17, 15) is 9.18 Å². The highest BCUT2D eigenvalue weighted by atomic mass is 19.1. The first-order valence-corrected chi connectivity index (χ1v) is 7.49. The highest BCUT2D eigenvalue weighted by Crippen LogP contribution is 2.20. The zero-order valence-electron chi connectivity index (χ0n) is 13.1. The van der Waals surface area contributed by atoms with Crippen molar-refractivity contribution in [3.05, 3.63) is 65.7 Å². The van der Waals surface area contributed by atoms with Crippen molar-refractivity contribution < 1.29 is 13.9 Å². The molecule has 0 unspecified atom stereocenters. The molecule has 0 saturated heterocycles. The van der Waals surface area contributed by atoms with Gasteiger partial charge in [0, 0.05) is 11.9 Å². The minimum atomic E-state index is -0.361. The zero-order valence-corrected chi connectivity index (χ0v) is 13.1. The second-order valence-corrected chi connectivity index (χ2v) is 5.21. The summed E-state index contributed by atoms with van der Waals surface area (Å²) in [6, 6.07) is 11.7. The first-order chi connectivity index (χ1) is 11.7. The zero-order chi connectivity index (χ0) is 16.9. The molecule has 3 rings (SSSR count). The Morgan fingerprint density at radius 1 is 1.21 bits per heavy atom. The lowest BCUT2D eigenvalue weighted by molar-refractivity contribution is 0.0599. The number of nitrogens with one attached hydrogen (secondary N) is 1.